The summed E-state index contributed by atoms with van der Waals surface area (Å²) in [5.41, 5.74) is 0. The topological polar surface area (TPSA) is 24.1 Å². The highest BCUT2D eigenvalue weighted by molar-refractivity contribution is 5.17. The number of rotatable bonds is 2. The summed E-state index contributed by atoms with van der Waals surface area (Å²) in [4.78, 5) is 0. The first-order valence-corrected chi connectivity index (χ1v) is 5.90. The Morgan fingerprint density at radius 2 is 1.69 bits per heavy atom. The van der Waals surface area contributed by atoms with E-state index in [0.717, 1.165) is 35.8 Å². The van der Waals surface area contributed by atoms with Crippen molar-refractivity contribution in [1.29, 1.82) is 0 Å². The summed E-state index contributed by atoms with van der Waals surface area (Å²) in [5.74, 6) is 4.47. The van der Waals surface area contributed by atoms with Crippen molar-refractivity contribution in [3.05, 3.63) is 0 Å². The minimum Gasteiger partial charge on any atom is -0.314 e. The average molecular weight is 178 g/mol. The summed E-state index contributed by atoms with van der Waals surface area (Å²) in [5, 5.41) is 7.17. The van der Waals surface area contributed by atoms with Crippen LogP contribution in [0, 0.1) is 23.7 Å². The molecule has 0 radical (unpaired) electrons. The molecule has 4 aliphatic rings. The molecule has 2 heteroatoms. The summed E-state index contributed by atoms with van der Waals surface area (Å²) >= 11 is 0. The maximum absolute atomic E-state index is 3.83. The lowest BCUT2D eigenvalue weighted by atomic mass is 10.0. The molecule has 4 atom stereocenters. The molecular formula is C11H18N2. The first kappa shape index (κ1) is 7.24. The Bertz CT molecular complexity index is 220. The molecule has 4 unspecified atom stereocenters. The van der Waals surface area contributed by atoms with Crippen LogP contribution in [0.2, 0.25) is 0 Å². The fourth-order valence-electron chi connectivity index (χ4n) is 4.23. The maximum atomic E-state index is 3.83. The normalized spacial score (nSPS) is 57.7. The third-order valence-corrected chi connectivity index (χ3v) is 4.94. The minimum absolute atomic E-state index is 0.815. The van der Waals surface area contributed by atoms with E-state index in [1.165, 1.54) is 13.1 Å². The predicted octanol–water partition coefficient (Wildman–Crippen LogP) is 0.592. The Labute approximate surface area is 79.5 Å². The lowest BCUT2D eigenvalue weighted by Gasteiger charge is -2.29. The van der Waals surface area contributed by atoms with Crippen molar-refractivity contribution in [3.63, 3.8) is 0 Å². The fourth-order valence-corrected chi connectivity index (χ4v) is 4.23. The van der Waals surface area contributed by atoms with Gasteiger partial charge in [0.25, 0.3) is 0 Å². The number of fused-ring (bicyclic) bond motifs is 5. The standard InChI is InChI=1S/C11H18N2/c1-2-7-3-6(1)9-10(7)11(9)13-8-4-12-5-8/h6-13H,1-5H2. The zero-order chi connectivity index (χ0) is 8.41. The zero-order valence-electron chi connectivity index (χ0n) is 8.00. The second kappa shape index (κ2) is 2.29. The van der Waals surface area contributed by atoms with E-state index >= 15 is 0 Å². The van der Waals surface area contributed by atoms with E-state index in [2.05, 4.69) is 10.6 Å². The lowest BCUT2D eigenvalue weighted by Crippen LogP contribution is -2.56. The van der Waals surface area contributed by atoms with Crippen molar-refractivity contribution in [1.82, 2.24) is 10.6 Å². The van der Waals surface area contributed by atoms with Gasteiger partial charge in [-0.15, -0.1) is 0 Å². The van der Waals surface area contributed by atoms with E-state index in [0.29, 0.717) is 0 Å². The van der Waals surface area contributed by atoms with Gasteiger partial charge in [0.2, 0.25) is 0 Å². The van der Waals surface area contributed by atoms with Crippen LogP contribution in [-0.4, -0.2) is 25.2 Å². The molecule has 3 aliphatic carbocycles. The molecule has 0 aromatic rings. The first-order valence-electron chi connectivity index (χ1n) is 5.90. The molecule has 4 rings (SSSR count). The van der Waals surface area contributed by atoms with Gasteiger partial charge in [0, 0.05) is 25.2 Å². The van der Waals surface area contributed by atoms with Crippen LogP contribution in [-0.2, 0) is 0 Å². The van der Waals surface area contributed by atoms with Crippen LogP contribution < -0.4 is 10.6 Å². The molecule has 3 saturated carbocycles. The van der Waals surface area contributed by atoms with Crippen molar-refractivity contribution in [2.75, 3.05) is 13.1 Å². The highest BCUT2D eigenvalue weighted by Gasteiger charge is 2.65. The smallest absolute Gasteiger partial charge is 0.0320 e. The minimum atomic E-state index is 0.815. The second-order valence-corrected chi connectivity index (χ2v) is 5.54. The number of hydrogen-bond acceptors (Lipinski definition) is 2. The van der Waals surface area contributed by atoms with Crippen LogP contribution in [0.5, 0.6) is 0 Å². The molecule has 1 heterocycles. The molecular weight excluding hydrogens is 160 g/mol. The van der Waals surface area contributed by atoms with Gasteiger partial charge in [0.1, 0.15) is 0 Å². The summed E-state index contributed by atoms with van der Waals surface area (Å²) in [6, 6.07) is 1.76. The SMILES string of the molecule is C1NCC1NC1C2C3CCC(C3)C12. The average Bonchev–Trinajstić information content (AvgIpc) is 2.50. The largest absolute Gasteiger partial charge is 0.314 e. The van der Waals surface area contributed by atoms with Crippen molar-refractivity contribution >= 4 is 0 Å². The second-order valence-electron chi connectivity index (χ2n) is 5.54. The van der Waals surface area contributed by atoms with Gasteiger partial charge in [-0.3, -0.25) is 0 Å². The molecule has 1 aliphatic heterocycles. The molecule has 0 amide bonds. The zero-order valence-corrected chi connectivity index (χ0v) is 8.00. The van der Waals surface area contributed by atoms with Gasteiger partial charge in [-0.25, -0.2) is 0 Å². The molecule has 2 nitrogen and oxygen atoms in total. The molecule has 4 fully saturated rings. The third-order valence-electron chi connectivity index (χ3n) is 4.94. The van der Waals surface area contributed by atoms with E-state index in [-0.39, 0.29) is 0 Å². The van der Waals surface area contributed by atoms with Crippen LogP contribution in [0.3, 0.4) is 0 Å². The third kappa shape index (κ3) is 0.861. The van der Waals surface area contributed by atoms with Crippen molar-refractivity contribution in [2.45, 2.75) is 31.3 Å². The van der Waals surface area contributed by atoms with Crippen LogP contribution in [0.1, 0.15) is 19.3 Å². The summed E-state index contributed by atoms with van der Waals surface area (Å²) < 4.78 is 0. The fraction of sp³-hybridized carbons (Fsp3) is 1.00. The molecule has 1 saturated heterocycles. The number of hydrogen-bond donors (Lipinski definition) is 2. The highest BCUT2D eigenvalue weighted by atomic mass is 15.1. The lowest BCUT2D eigenvalue weighted by molar-refractivity contribution is 0.333. The van der Waals surface area contributed by atoms with E-state index in [1.807, 2.05) is 0 Å². The monoisotopic (exact) mass is 178 g/mol. The molecule has 2 bridgehead atoms. The van der Waals surface area contributed by atoms with Crippen molar-refractivity contribution in [2.24, 2.45) is 23.7 Å². The molecule has 0 spiro atoms. The van der Waals surface area contributed by atoms with Crippen LogP contribution in [0.4, 0.5) is 0 Å². The maximum Gasteiger partial charge on any atom is 0.0320 e. The molecule has 0 aromatic carbocycles. The van der Waals surface area contributed by atoms with Gasteiger partial charge in [-0.1, -0.05) is 0 Å². The van der Waals surface area contributed by atoms with Gasteiger partial charge >= 0.3 is 0 Å². The van der Waals surface area contributed by atoms with Crippen LogP contribution in [0.25, 0.3) is 0 Å². The summed E-state index contributed by atoms with van der Waals surface area (Å²) in [6.45, 7) is 2.43. The summed E-state index contributed by atoms with van der Waals surface area (Å²) in [6.07, 6.45) is 4.68. The van der Waals surface area contributed by atoms with Gasteiger partial charge < -0.3 is 10.6 Å². The van der Waals surface area contributed by atoms with E-state index in [4.69, 9.17) is 0 Å². The Morgan fingerprint density at radius 1 is 1.00 bits per heavy atom. The molecule has 72 valence electrons. The van der Waals surface area contributed by atoms with Crippen LogP contribution >= 0.6 is 0 Å². The van der Waals surface area contributed by atoms with Gasteiger partial charge in [0.05, 0.1) is 0 Å². The van der Waals surface area contributed by atoms with Gasteiger partial charge in [-0.05, 0) is 42.9 Å². The highest BCUT2D eigenvalue weighted by Crippen LogP contribution is 2.65. The Morgan fingerprint density at radius 3 is 2.23 bits per heavy atom. The Kier molecular flexibility index (Phi) is 1.28. The summed E-state index contributed by atoms with van der Waals surface area (Å²) in [7, 11) is 0. The number of nitrogens with one attached hydrogen (secondary N) is 2. The quantitative estimate of drug-likeness (QED) is 0.647. The van der Waals surface area contributed by atoms with Crippen LogP contribution in [0.15, 0.2) is 0 Å². The van der Waals surface area contributed by atoms with E-state index < -0.39 is 0 Å². The first-order chi connectivity index (χ1) is 6.43. The predicted molar refractivity (Wildman–Crippen MR) is 51.4 cm³/mol. The van der Waals surface area contributed by atoms with Gasteiger partial charge in [-0.2, -0.15) is 0 Å². The molecule has 13 heavy (non-hydrogen) atoms. The van der Waals surface area contributed by atoms with Crippen molar-refractivity contribution < 1.29 is 0 Å². The van der Waals surface area contributed by atoms with E-state index in [9.17, 15) is 0 Å². The Balaban J connectivity index is 1.44. The van der Waals surface area contributed by atoms with E-state index in [1.54, 1.807) is 19.3 Å². The Hall–Kier alpha value is -0.0800. The molecule has 0 aromatic heterocycles. The molecule has 2 N–H and O–H groups in total. The van der Waals surface area contributed by atoms with Gasteiger partial charge in [0.15, 0.2) is 0 Å². The van der Waals surface area contributed by atoms with Crippen molar-refractivity contribution in [3.8, 4) is 0 Å².